The fraction of sp³-hybridized carbons (Fsp3) is 0.400. The first-order valence-corrected chi connectivity index (χ1v) is 4.14. The Labute approximate surface area is 71.4 Å². The highest BCUT2D eigenvalue weighted by Gasteiger charge is 2.48. The van der Waals surface area contributed by atoms with Crippen molar-refractivity contribution in [2.75, 3.05) is 0 Å². The zero-order valence-electron chi connectivity index (χ0n) is 7.05. The molecule has 0 saturated heterocycles. The summed E-state index contributed by atoms with van der Waals surface area (Å²) in [6.07, 6.45) is 0.969. The van der Waals surface area contributed by atoms with Gasteiger partial charge in [-0.2, -0.15) is 0 Å². The molecule has 1 saturated carbocycles. The van der Waals surface area contributed by atoms with Crippen LogP contribution in [0.15, 0.2) is 24.3 Å². The topological polar surface area (TPSA) is 26.0 Å². The van der Waals surface area contributed by atoms with E-state index in [1.54, 1.807) is 12.1 Å². The molecule has 0 bridgehead atoms. The molecular weight excluding hydrogens is 153 g/mol. The molecule has 1 nitrogen and oxygen atoms in total. The van der Waals surface area contributed by atoms with E-state index in [1.165, 1.54) is 6.07 Å². The van der Waals surface area contributed by atoms with Gasteiger partial charge in [-0.05, 0) is 24.1 Å². The number of rotatable bonds is 1. The molecule has 1 aliphatic carbocycles. The number of benzene rings is 1. The Morgan fingerprint density at radius 3 is 2.75 bits per heavy atom. The van der Waals surface area contributed by atoms with Crippen LogP contribution in [0.25, 0.3) is 0 Å². The first-order chi connectivity index (χ1) is 5.63. The normalized spacial score (nSPS) is 33.4. The lowest BCUT2D eigenvalue weighted by Gasteiger charge is -2.09. The molecular formula is C10H12FN. The van der Waals surface area contributed by atoms with Crippen molar-refractivity contribution in [2.24, 2.45) is 5.73 Å². The van der Waals surface area contributed by atoms with Gasteiger partial charge in [0.05, 0.1) is 0 Å². The minimum absolute atomic E-state index is 0.0299. The molecule has 1 aromatic carbocycles. The van der Waals surface area contributed by atoms with Crippen LogP contribution in [0.4, 0.5) is 4.39 Å². The molecule has 2 rings (SSSR count). The lowest BCUT2D eigenvalue weighted by molar-refractivity contribution is 0.619. The predicted octanol–water partition coefficient (Wildman–Crippen LogP) is 1.81. The van der Waals surface area contributed by atoms with Crippen LogP contribution < -0.4 is 5.73 Å². The smallest absolute Gasteiger partial charge is 0.123 e. The minimum Gasteiger partial charge on any atom is -0.327 e. The summed E-state index contributed by atoms with van der Waals surface area (Å²) in [5.41, 5.74) is 6.81. The van der Waals surface area contributed by atoms with Gasteiger partial charge in [0.1, 0.15) is 5.82 Å². The highest BCUT2D eigenvalue weighted by Crippen LogP contribution is 2.46. The van der Waals surface area contributed by atoms with Crippen LogP contribution >= 0.6 is 0 Å². The van der Waals surface area contributed by atoms with Crippen molar-refractivity contribution in [1.82, 2.24) is 0 Å². The Bertz CT molecular complexity index is 310. The number of hydrogen-bond acceptors (Lipinski definition) is 1. The van der Waals surface area contributed by atoms with Gasteiger partial charge in [0, 0.05) is 11.5 Å². The summed E-state index contributed by atoms with van der Waals surface area (Å²) in [5, 5.41) is 0. The second kappa shape index (κ2) is 2.30. The van der Waals surface area contributed by atoms with E-state index in [1.807, 2.05) is 6.07 Å². The van der Waals surface area contributed by atoms with E-state index >= 15 is 0 Å². The van der Waals surface area contributed by atoms with Crippen LogP contribution in [0, 0.1) is 5.82 Å². The van der Waals surface area contributed by atoms with Gasteiger partial charge < -0.3 is 5.73 Å². The molecule has 0 heterocycles. The van der Waals surface area contributed by atoms with Gasteiger partial charge in [0.2, 0.25) is 0 Å². The lowest BCUT2D eigenvalue weighted by Crippen LogP contribution is -2.14. The molecule has 2 atom stereocenters. The van der Waals surface area contributed by atoms with Gasteiger partial charge >= 0.3 is 0 Å². The molecule has 0 aliphatic heterocycles. The maximum Gasteiger partial charge on any atom is 0.123 e. The van der Waals surface area contributed by atoms with Crippen molar-refractivity contribution in [3.05, 3.63) is 35.6 Å². The van der Waals surface area contributed by atoms with Crippen LogP contribution in [0.5, 0.6) is 0 Å². The molecule has 2 heteroatoms. The Hall–Kier alpha value is -0.890. The zero-order chi connectivity index (χ0) is 8.77. The van der Waals surface area contributed by atoms with E-state index in [2.05, 4.69) is 6.92 Å². The maximum absolute atomic E-state index is 12.8. The molecule has 0 unspecified atom stereocenters. The molecule has 64 valence electrons. The van der Waals surface area contributed by atoms with Crippen molar-refractivity contribution in [3.8, 4) is 0 Å². The van der Waals surface area contributed by atoms with Crippen LogP contribution in [-0.2, 0) is 5.41 Å². The molecule has 1 aliphatic rings. The van der Waals surface area contributed by atoms with E-state index in [-0.39, 0.29) is 17.3 Å². The van der Waals surface area contributed by atoms with Crippen molar-refractivity contribution in [1.29, 1.82) is 0 Å². The van der Waals surface area contributed by atoms with Crippen molar-refractivity contribution in [3.63, 3.8) is 0 Å². The van der Waals surface area contributed by atoms with Crippen LogP contribution in [0.2, 0.25) is 0 Å². The van der Waals surface area contributed by atoms with Crippen molar-refractivity contribution >= 4 is 0 Å². The Morgan fingerprint density at radius 2 is 2.25 bits per heavy atom. The minimum atomic E-state index is -0.173. The summed E-state index contributed by atoms with van der Waals surface area (Å²) in [6.45, 7) is 2.08. The highest BCUT2D eigenvalue weighted by molar-refractivity contribution is 5.34. The summed E-state index contributed by atoms with van der Waals surface area (Å²) in [4.78, 5) is 0. The summed E-state index contributed by atoms with van der Waals surface area (Å²) < 4.78 is 12.8. The van der Waals surface area contributed by atoms with Gasteiger partial charge in [-0.15, -0.1) is 0 Å². The average molecular weight is 165 g/mol. The van der Waals surface area contributed by atoms with Crippen LogP contribution in [0.3, 0.4) is 0 Å². The second-order valence-corrected chi connectivity index (χ2v) is 3.74. The Morgan fingerprint density at radius 1 is 1.58 bits per heavy atom. The third kappa shape index (κ3) is 1.03. The molecule has 1 aromatic rings. The lowest BCUT2D eigenvalue weighted by atomic mass is 9.97. The first-order valence-electron chi connectivity index (χ1n) is 4.14. The van der Waals surface area contributed by atoms with E-state index in [0.29, 0.717) is 0 Å². The zero-order valence-corrected chi connectivity index (χ0v) is 7.05. The largest absolute Gasteiger partial charge is 0.327 e. The molecule has 0 spiro atoms. The fourth-order valence-electron chi connectivity index (χ4n) is 1.57. The quantitative estimate of drug-likeness (QED) is 0.674. The summed E-state index contributed by atoms with van der Waals surface area (Å²) in [6, 6.07) is 6.92. The molecule has 12 heavy (non-hydrogen) atoms. The monoisotopic (exact) mass is 165 g/mol. The van der Waals surface area contributed by atoms with Crippen molar-refractivity contribution < 1.29 is 4.39 Å². The summed E-state index contributed by atoms with van der Waals surface area (Å²) in [7, 11) is 0. The van der Waals surface area contributed by atoms with E-state index in [4.69, 9.17) is 5.73 Å². The SMILES string of the molecule is C[C@@]1(c2cccc(F)c2)C[C@H]1N. The number of hydrogen-bond donors (Lipinski definition) is 1. The standard InChI is InChI=1S/C10H12FN/c1-10(6-9(10)12)7-3-2-4-8(11)5-7/h2-5,9H,6,12H2,1H3/t9-,10+/m1/s1. The van der Waals surface area contributed by atoms with Gasteiger partial charge in [-0.25, -0.2) is 4.39 Å². The van der Waals surface area contributed by atoms with Crippen LogP contribution in [0.1, 0.15) is 18.9 Å². The molecule has 2 N–H and O–H groups in total. The summed E-state index contributed by atoms with van der Waals surface area (Å²) in [5.74, 6) is -0.173. The van der Waals surface area contributed by atoms with E-state index in [0.717, 1.165) is 12.0 Å². The summed E-state index contributed by atoms with van der Waals surface area (Å²) >= 11 is 0. The molecule has 0 aromatic heterocycles. The first kappa shape index (κ1) is 7.74. The third-order valence-corrected chi connectivity index (χ3v) is 2.79. The van der Waals surface area contributed by atoms with Gasteiger partial charge in [0.15, 0.2) is 0 Å². The van der Waals surface area contributed by atoms with E-state index < -0.39 is 0 Å². The predicted molar refractivity (Wildman–Crippen MR) is 46.3 cm³/mol. The van der Waals surface area contributed by atoms with Crippen molar-refractivity contribution in [2.45, 2.75) is 24.8 Å². The Balaban J connectivity index is 2.36. The highest BCUT2D eigenvalue weighted by atomic mass is 19.1. The third-order valence-electron chi connectivity index (χ3n) is 2.79. The maximum atomic E-state index is 12.8. The number of halogens is 1. The van der Waals surface area contributed by atoms with Crippen LogP contribution in [-0.4, -0.2) is 6.04 Å². The number of nitrogens with two attached hydrogens (primary N) is 1. The average Bonchev–Trinajstić information content (AvgIpc) is 2.61. The molecule has 0 amide bonds. The fourth-order valence-corrected chi connectivity index (χ4v) is 1.57. The second-order valence-electron chi connectivity index (χ2n) is 3.74. The van der Waals surface area contributed by atoms with E-state index in [9.17, 15) is 4.39 Å². The molecule has 0 radical (unpaired) electrons. The molecule has 1 fully saturated rings. The van der Waals surface area contributed by atoms with Gasteiger partial charge in [0.25, 0.3) is 0 Å². The van der Waals surface area contributed by atoms with Gasteiger partial charge in [-0.1, -0.05) is 19.1 Å². The Kier molecular flexibility index (Phi) is 1.48. The van der Waals surface area contributed by atoms with Gasteiger partial charge in [-0.3, -0.25) is 0 Å².